The molecule has 1 saturated carbocycles. The summed E-state index contributed by atoms with van der Waals surface area (Å²) in [7, 11) is 1.65. The molecular weight excluding hydrogens is 464 g/mol. The molecular formula is C30H30N4O3. The first-order chi connectivity index (χ1) is 18.1. The van der Waals surface area contributed by atoms with Crippen LogP contribution in [0.15, 0.2) is 66.7 Å². The number of hydrogen-bond donors (Lipinski definition) is 1. The number of methoxy groups -OCH3 is 1. The van der Waals surface area contributed by atoms with Gasteiger partial charge < -0.3 is 15.0 Å². The van der Waals surface area contributed by atoms with Crippen molar-refractivity contribution < 1.29 is 14.3 Å². The zero-order chi connectivity index (χ0) is 25.4. The molecule has 0 bridgehead atoms. The van der Waals surface area contributed by atoms with Gasteiger partial charge in [0.2, 0.25) is 5.91 Å². The Balaban J connectivity index is 1.25. The first-order valence-corrected chi connectivity index (χ1v) is 12.8. The Kier molecular flexibility index (Phi) is 6.12. The second kappa shape index (κ2) is 9.73. The molecule has 188 valence electrons. The number of aromatic nitrogens is 2. The summed E-state index contributed by atoms with van der Waals surface area (Å²) in [6.45, 7) is 1.54. The molecule has 1 N–H and O–H groups in total. The average molecular weight is 495 g/mol. The topological polar surface area (TPSA) is 76.5 Å². The molecule has 7 heteroatoms. The highest BCUT2D eigenvalue weighted by molar-refractivity contribution is 5.94. The number of carbonyl (C=O) groups is 2. The fourth-order valence-electron chi connectivity index (χ4n) is 5.08. The molecule has 1 aliphatic carbocycles. The first kappa shape index (κ1) is 23.3. The van der Waals surface area contributed by atoms with E-state index in [1.54, 1.807) is 7.11 Å². The van der Waals surface area contributed by atoms with Crippen LogP contribution in [0, 0.1) is 0 Å². The van der Waals surface area contributed by atoms with Crippen LogP contribution in [0.4, 0.5) is 0 Å². The van der Waals surface area contributed by atoms with Crippen LogP contribution in [0.25, 0.3) is 10.8 Å². The van der Waals surface area contributed by atoms with Crippen LogP contribution < -0.4 is 10.1 Å². The SMILES string of the molecule is COc1cccc(Cn2nc(C(=O)NC3CC3)c3c2CCN(C(=O)Cc2ccc4ccccc4c2)C3)c1. The second-order valence-corrected chi connectivity index (χ2v) is 9.95. The van der Waals surface area contributed by atoms with E-state index in [0.29, 0.717) is 38.2 Å². The minimum absolute atomic E-state index is 0.0648. The van der Waals surface area contributed by atoms with E-state index in [0.717, 1.165) is 51.7 Å². The van der Waals surface area contributed by atoms with E-state index in [2.05, 4.69) is 29.6 Å². The molecule has 1 aliphatic heterocycles. The molecule has 37 heavy (non-hydrogen) atoms. The summed E-state index contributed by atoms with van der Waals surface area (Å²) >= 11 is 0. The maximum Gasteiger partial charge on any atom is 0.272 e. The fourth-order valence-corrected chi connectivity index (χ4v) is 5.08. The minimum Gasteiger partial charge on any atom is -0.497 e. The van der Waals surface area contributed by atoms with Crippen molar-refractivity contribution in [3.05, 3.63) is 94.8 Å². The van der Waals surface area contributed by atoms with Gasteiger partial charge in [-0.15, -0.1) is 0 Å². The van der Waals surface area contributed by atoms with Crippen LogP contribution in [0.1, 0.15) is 45.7 Å². The molecule has 0 unspecified atom stereocenters. The Bertz CT molecular complexity index is 1490. The summed E-state index contributed by atoms with van der Waals surface area (Å²) in [5, 5.41) is 10.1. The minimum atomic E-state index is -0.146. The Morgan fingerprint density at radius 1 is 1.00 bits per heavy atom. The number of carbonyl (C=O) groups excluding carboxylic acids is 2. The number of benzene rings is 3. The third kappa shape index (κ3) is 4.94. The summed E-state index contributed by atoms with van der Waals surface area (Å²) in [6, 6.07) is 22.5. The maximum absolute atomic E-state index is 13.3. The molecule has 1 aromatic heterocycles. The standard InChI is InChI=1S/C30H30N4O3/c1-37-25-8-4-5-21(16-25)18-34-27-13-14-33(19-26(27)29(32-34)30(36)31-24-11-12-24)28(35)17-20-9-10-22-6-2-3-7-23(22)15-20/h2-10,15-16,24H,11-14,17-19H2,1H3,(H,31,36). The van der Waals surface area contributed by atoms with Crippen molar-refractivity contribution in [3.63, 3.8) is 0 Å². The number of nitrogens with one attached hydrogen (secondary N) is 1. The van der Waals surface area contributed by atoms with Crippen LogP contribution in [0.5, 0.6) is 5.75 Å². The number of nitrogens with zero attached hydrogens (tertiary/aromatic N) is 3. The van der Waals surface area contributed by atoms with E-state index in [1.165, 1.54) is 0 Å². The molecule has 0 radical (unpaired) electrons. The van der Waals surface area contributed by atoms with Crippen molar-refractivity contribution in [1.82, 2.24) is 20.0 Å². The lowest BCUT2D eigenvalue weighted by Gasteiger charge is -2.28. The van der Waals surface area contributed by atoms with Crippen LogP contribution in [0.2, 0.25) is 0 Å². The third-order valence-corrected chi connectivity index (χ3v) is 7.25. The van der Waals surface area contributed by atoms with Crippen molar-refractivity contribution >= 4 is 22.6 Å². The predicted molar refractivity (Wildman–Crippen MR) is 142 cm³/mol. The van der Waals surface area contributed by atoms with Gasteiger partial charge in [0, 0.05) is 36.8 Å². The molecule has 3 aromatic carbocycles. The van der Waals surface area contributed by atoms with Gasteiger partial charge in [0.1, 0.15) is 5.75 Å². The van der Waals surface area contributed by atoms with E-state index in [9.17, 15) is 9.59 Å². The summed E-state index contributed by atoms with van der Waals surface area (Å²) in [4.78, 5) is 28.3. The number of hydrogen-bond acceptors (Lipinski definition) is 4. The van der Waals surface area contributed by atoms with Gasteiger partial charge in [-0.1, -0.05) is 54.6 Å². The summed E-state index contributed by atoms with van der Waals surface area (Å²) in [6.07, 6.45) is 3.01. The Morgan fingerprint density at radius 2 is 1.84 bits per heavy atom. The third-order valence-electron chi connectivity index (χ3n) is 7.25. The van der Waals surface area contributed by atoms with Crippen molar-refractivity contribution in [3.8, 4) is 5.75 Å². The molecule has 2 aliphatic rings. The van der Waals surface area contributed by atoms with Gasteiger partial charge in [0.25, 0.3) is 5.91 Å². The van der Waals surface area contributed by atoms with Gasteiger partial charge in [-0.3, -0.25) is 14.3 Å². The van der Waals surface area contributed by atoms with Gasteiger partial charge in [-0.2, -0.15) is 5.10 Å². The summed E-state index contributed by atoms with van der Waals surface area (Å²) in [5.74, 6) is 0.706. The Labute approximate surface area is 216 Å². The zero-order valence-electron chi connectivity index (χ0n) is 20.9. The van der Waals surface area contributed by atoms with Crippen molar-refractivity contribution in [2.75, 3.05) is 13.7 Å². The number of rotatable bonds is 7. The highest BCUT2D eigenvalue weighted by Crippen LogP contribution is 2.27. The van der Waals surface area contributed by atoms with E-state index in [4.69, 9.17) is 9.84 Å². The van der Waals surface area contributed by atoms with Gasteiger partial charge in [-0.25, -0.2) is 0 Å². The molecule has 2 amide bonds. The van der Waals surface area contributed by atoms with Gasteiger partial charge in [0.15, 0.2) is 5.69 Å². The highest BCUT2D eigenvalue weighted by Gasteiger charge is 2.32. The van der Waals surface area contributed by atoms with E-state index in [-0.39, 0.29) is 17.9 Å². The lowest BCUT2D eigenvalue weighted by Crippen LogP contribution is -2.38. The molecule has 0 atom stereocenters. The molecule has 0 spiro atoms. The Hall–Kier alpha value is -4.13. The normalized spacial score (nSPS) is 14.9. The zero-order valence-corrected chi connectivity index (χ0v) is 20.9. The van der Waals surface area contributed by atoms with Gasteiger partial charge in [0.05, 0.1) is 20.1 Å². The van der Waals surface area contributed by atoms with Crippen LogP contribution in [-0.4, -0.2) is 46.2 Å². The molecule has 1 fully saturated rings. The first-order valence-electron chi connectivity index (χ1n) is 12.8. The van der Waals surface area contributed by atoms with Crippen molar-refractivity contribution in [2.45, 2.75) is 44.8 Å². The summed E-state index contributed by atoms with van der Waals surface area (Å²) < 4.78 is 7.30. The highest BCUT2D eigenvalue weighted by atomic mass is 16.5. The maximum atomic E-state index is 13.3. The number of ether oxygens (including phenoxy) is 1. The molecule has 0 saturated heterocycles. The van der Waals surface area contributed by atoms with Gasteiger partial charge in [-0.05, 0) is 46.9 Å². The molecule has 7 nitrogen and oxygen atoms in total. The number of fused-ring (bicyclic) bond motifs is 2. The smallest absolute Gasteiger partial charge is 0.272 e. The molecule has 6 rings (SSSR count). The van der Waals surface area contributed by atoms with E-state index < -0.39 is 0 Å². The van der Waals surface area contributed by atoms with Crippen molar-refractivity contribution in [2.24, 2.45) is 0 Å². The lowest BCUT2D eigenvalue weighted by atomic mass is 10.0. The monoisotopic (exact) mass is 494 g/mol. The van der Waals surface area contributed by atoms with Crippen LogP contribution in [-0.2, 0) is 30.7 Å². The van der Waals surface area contributed by atoms with Crippen molar-refractivity contribution in [1.29, 1.82) is 0 Å². The second-order valence-electron chi connectivity index (χ2n) is 9.95. The molecule has 4 aromatic rings. The fraction of sp³-hybridized carbons (Fsp3) is 0.300. The largest absolute Gasteiger partial charge is 0.497 e. The van der Waals surface area contributed by atoms with E-state index >= 15 is 0 Å². The quantitative estimate of drug-likeness (QED) is 0.420. The van der Waals surface area contributed by atoms with E-state index in [1.807, 2.05) is 52.0 Å². The number of amides is 2. The lowest BCUT2D eigenvalue weighted by molar-refractivity contribution is -0.131. The molecule has 2 heterocycles. The van der Waals surface area contributed by atoms with Gasteiger partial charge >= 0.3 is 0 Å². The predicted octanol–water partition coefficient (Wildman–Crippen LogP) is 4.11. The Morgan fingerprint density at radius 3 is 2.65 bits per heavy atom. The van der Waals surface area contributed by atoms with Crippen LogP contribution in [0.3, 0.4) is 0 Å². The average Bonchev–Trinajstić information content (AvgIpc) is 3.67. The van der Waals surface area contributed by atoms with Crippen LogP contribution >= 0.6 is 0 Å². The summed E-state index contributed by atoms with van der Waals surface area (Å²) in [5.41, 5.74) is 4.37.